The molecule has 11 heteroatoms. The van der Waals surface area contributed by atoms with Crippen molar-refractivity contribution in [1.29, 1.82) is 0 Å². The molecule has 0 radical (unpaired) electrons. The molecule has 1 amide bonds. The highest BCUT2D eigenvalue weighted by molar-refractivity contribution is 6.32. The second kappa shape index (κ2) is 13.1. The van der Waals surface area contributed by atoms with Gasteiger partial charge in [-0.05, 0) is 60.9 Å². The van der Waals surface area contributed by atoms with Gasteiger partial charge >= 0.3 is 17.8 Å². The second-order valence-corrected chi connectivity index (χ2v) is 9.76. The molecular formula is C32H24ClF4NO5. The van der Waals surface area contributed by atoms with Crippen molar-refractivity contribution in [1.82, 2.24) is 0 Å². The smallest absolute Gasteiger partial charge is 0.418 e. The summed E-state index contributed by atoms with van der Waals surface area (Å²) in [5, 5.41) is 2.94. The molecule has 1 aromatic heterocycles. The third-order valence-electron chi connectivity index (χ3n) is 6.27. The summed E-state index contributed by atoms with van der Waals surface area (Å²) in [6, 6.07) is 11.9. The zero-order chi connectivity index (χ0) is 31.3. The number of fused-ring (bicyclic) bond motifs is 1. The van der Waals surface area contributed by atoms with Gasteiger partial charge in [0.15, 0.2) is 0 Å². The Morgan fingerprint density at radius 3 is 2.56 bits per heavy atom. The largest absolute Gasteiger partial charge is 0.463 e. The third-order valence-corrected chi connectivity index (χ3v) is 6.68. The Bertz CT molecular complexity index is 1830. The number of hydrogen-bond acceptors (Lipinski definition) is 5. The highest BCUT2D eigenvalue weighted by Gasteiger charge is 2.34. The van der Waals surface area contributed by atoms with Crippen molar-refractivity contribution >= 4 is 46.2 Å². The quantitative estimate of drug-likeness (QED) is 0.0718. The average molecular weight is 614 g/mol. The number of nitrogens with one attached hydrogen (secondary N) is 1. The summed E-state index contributed by atoms with van der Waals surface area (Å²) in [6.07, 6.45) is 0.499. The Labute approximate surface area is 248 Å². The van der Waals surface area contributed by atoms with Crippen molar-refractivity contribution in [3.8, 4) is 11.1 Å². The summed E-state index contributed by atoms with van der Waals surface area (Å²) >= 11 is 6.26. The van der Waals surface area contributed by atoms with E-state index in [0.717, 1.165) is 12.1 Å². The number of amides is 1. The molecule has 0 saturated carbocycles. The van der Waals surface area contributed by atoms with E-state index in [1.54, 1.807) is 56.3 Å². The molecule has 4 rings (SSSR count). The number of alkyl halides is 3. The van der Waals surface area contributed by atoms with Crippen molar-refractivity contribution in [2.75, 3.05) is 11.9 Å². The van der Waals surface area contributed by atoms with Crippen molar-refractivity contribution in [2.24, 2.45) is 0 Å². The summed E-state index contributed by atoms with van der Waals surface area (Å²) in [5.74, 6) is -2.57. The van der Waals surface area contributed by atoms with E-state index < -0.39 is 47.2 Å². The van der Waals surface area contributed by atoms with Crippen LogP contribution in [0.3, 0.4) is 0 Å². The Hall–Kier alpha value is -4.70. The molecule has 0 spiro atoms. The van der Waals surface area contributed by atoms with Crippen LogP contribution in [0.1, 0.15) is 29.2 Å². The number of carbonyl (C=O) groups is 2. The zero-order valence-corrected chi connectivity index (χ0v) is 23.6. The van der Waals surface area contributed by atoms with Crippen LogP contribution < -0.4 is 10.9 Å². The van der Waals surface area contributed by atoms with Crippen molar-refractivity contribution in [2.45, 2.75) is 26.4 Å². The molecule has 0 fully saturated rings. The van der Waals surface area contributed by atoms with E-state index in [1.807, 2.05) is 0 Å². The first-order valence-corrected chi connectivity index (χ1v) is 13.3. The number of allylic oxidation sites excluding steroid dienone is 2. The van der Waals surface area contributed by atoms with Gasteiger partial charge in [0, 0.05) is 28.1 Å². The summed E-state index contributed by atoms with van der Waals surface area (Å²) in [4.78, 5) is 37.8. The van der Waals surface area contributed by atoms with Crippen LogP contribution in [0.4, 0.5) is 23.2 Å². The fraction of sp³-hybridized carbons (Fsp3) is 0.156. The summed E-state index contributed by atoms with van der Waals surface area (Å²) < 4.78 is 64.4. The molecule has 0 bridgehead atoms. The molecule has 0 unspecified atom stereocenters. The van der Waals surface area contributed by atoms with Gasteiger partial charge in [-0.15, -0.1) is 0 Å². The number of esters is 1. The van der Waals surface area contributed by atoms with Crippen LogP contribution in [-0.2, 0) is 26.9 Å². The van der Waals surface area contributed by atoms with Crippen molar-refractivity contribution in [3.63, 3.8) is 0 Å². The first kappa shape index (κ1) is 31.2. The molecule has 1 heterocycles. The molecule has 222 valence electrons. The van der Waals surface area contributed by atoms with Crippen LogP contribution in [0.2, 0.25) is 5.02 Å². The average Bonchev–Trinajstić information content (AvgIpc) is 2.93. The molecule has 4 aromatic rings. The highest BCUT2D eigenvalue weighted by Crippen LogP contribution is 2.37. The monoisotopic (exact) mass is 613 g/mol. The molecular weight excluding hydrogens is 590 g/mol. The maximum absolute atomic E-state index is 13.6. The van der Waals surface area contributed by atoms with Gasteiger partial charge in [-0.2, -0.15) is 13.2 Å². The number of ether oxygens (including phenoxy) is 1. The van der Waals surface area contributed by atoms with Gasteiger partial charge < -0.3 is 14.5 Å². The molecule has 0 aliphatic heterocycles. The normalized spacial score (nSPS) is 11.9. The summed E-state index contributed by atoms with van der Waals surface area (Å²) in [5.41, 5.74) is -0.696. The zero-order valence-electron chi connectivity index (χ0n) is 22.9. The van der Waals surface area contributed by atoms with Gasteiger partial charge in [0.2, 0.25) is 5.91 Å². The van der Waals surface area contributed by atoms with E-state index in [4.69, 9.17) is 20.8 Å². The molecule has 0 aliphatic carbocycles. The number of hydrogen-bond donors (Lipinski definition) is 1. The lowest BCUT2D eigenvalue weighted by Gasteiger charge is -2.16. The van der Waals surface area contributed by atoms with Crippen LogP contribution in [0.25, 0.3) is 28.2 Å². The molecule has 1 N–H and O–H groups in total. The molecule has 6 nitrogen and oxygen atoms in total. The minimum atomic E-state index is -4.94. The van der Waals surface area contributed by atoms with Crippen LogP contribution in [0.15, 0.2) is 82.0 Å². The minimum Gasteiger partial charge on any atom is -0.463 e. The van der Waals surface area contributed by atoms with E-state index in [1.165, 1.54) is 18.2 Å². The van der Waals surface area contributed by atoms with Crippen LogP contribution >= 0.6 is 11.6 Å². The first-order chi connectivity index (χ1) is 20.4. The molecule has 0 aliphatic rings. The lowest BCUT2D eigenvalue weighted by molar-refractivity contribution is -0.138. The van der Waals surface area contributed by atoms with E-state index in [-0.39, 0.29) is 23.8 Å². The first-order valence-electron chi connectivity index (χ1n) is 12.9. The molecule has 0 atom stereocenters. The van der Waals surface area contributed by atoms with E-state index >= 15 is 0 Å². The van der Waals surface area contributed by atoms with Crippen LogP contribution in [0.5, 0.6) is 0 Å². The summed E-state index contributed by atoms with van der Waals surface area (Å²) in [6.45, 7) is 3.68. The number of aryl methyl sites for hydroxylation is 1. The predicted octanol–water partition coefficient (Wildman–Crippen LogP) is 7.89. The number of anilines is 1. The molecule has 43 heavy (non-hydrogen) atoms. The van der Waals surface area contributed by atoms with Gasteiger partial charge in [-0.3, -0.25) is 4.79 Å². The van der Waals surface area contributed by atoms with E-state index in [2.05, 4.69) is 5.32 Å². The maximum Gasteiger partial charge on any atom is 0.418 e. The number of carbonyl (C=O) groups excluding carboxylic acids is 2. The van der Waals surface area contributed by atoms with E-state index in [0.29, 0.717) is 32.7 Å². The van der Waals surface area contributed by atoms with Crippen molar-refractivity contribution < 1.29 is 36.3 Å². The van der Waals surface area contributed by atoms with Gasteiger partial charge in [0.05, 0.1) is 29.8 Å². The van der Waals surface area contributed by atoms with E-state index in [9.17, 15) is 31.9 Å². The molecule has 3 aromatic carbocycles. The van der Waals surface area contributed by atoms with Gasteiger partial charge in [-0.1, -0.05) is 48.0 Å². The fourth-order valence-electron chi connectivity index (χ4n) is 4.36. The topological polar surface area (TPSA) is 85.6 Å². The standard InChI is InChI=1S/C32H24ClF4NO5/c1-3-42-29(40)10-5-4-7-19-8-6-9-20(14-19)30-22-13-18(2)25(33)17-27(22)43-31(41)23(30)16-28(39)38-26-12-11-21(34)15-24(26)32(35,36)37/h4-15,17H,3,16H2,1-2H3,(H,38,39)/b7-4-,10-5+. The Morgan fingerprint density at radius 1 is 1.07 bits per heavy atom. The predicted molar refractivity (Wildman–Crippen MR) is 156 cm³/mol. The lowest BCUT2D eigenvalue weighted by Crippen LogP contribution is -2.22. The fourth-order valence-corrected chi connectivity index (χ4v) is 4.52. The van der Waals surface area contributed by atoms with Gasteiger partial charge in [0.1, 0.15) is 11.4 Å². The number of rotatable bonds is 8. The maximum atomic E-state index is 13.6. The van der Waals surface area contributed by atoms with Crippen molar-refractivity contribution in [3.05, 3.63) is 116 Å². The number of halogens is 5. The third kappa shape index (κ3) is 7.58. The van der Waals surface area contributed by atoms with Crippen LogP contribution in [0, 0.1) is 12.7 Å². The molecule has 0 saturated heterocycles. The Balaban J connectivity index is 1.78. The Kier molecular flexibility index (Phi) is 9.50. The lowest BCUT2D eigenvalue weighted by atomic mass is 9.93. The number of benzene rings is 3. The van der Waals surface area contributed by atoms with Gasteiger partial charge in [0.25, 0.3) is 0 Å². The Morgan fingerprint density at radius 2 is 1.84 bits per heavy atom. The minimum absolute atomic E-state index is 0.106. The summed E-state index contributed by atoms with van der Waals surface area (Å²) in [7, 11) is 0. The second-order valence-electron chi connectivity index (χ2n) is 9.35. The highest BCUT2D eigenvalue weighted by atomic mass is 35.5. The SMILES string of the molecule is CCOC(=O)/C=C/C=C\c1cccc(-c2c(CC(=O)Nc3ccc(F)cc3C(F)(F)F)c(=O)oc3cc(Cl)c(C)cc23)c1. The van der Waals surface area contributed by atoms with Gasteiger partial charge in [-0.25, -0.2) is 14.0 Å². The van der Waals surface area contributed by atoms with Crippen LogP contribution in [-0.4, -0.2) is 18.5 Å².